The quantitative estimate of drug-likeness (QED) is 0.275. The van der Waals surface area contributed by atoms with Gasteiger partial charge in [-0.15, -0.1) is 12.8 Å². The zero-order valence-electron chi connectivity index (χ0n) is 20.1. The number of hydrogen-bond donors (Lipinski definition) is 2. The number of nitrogens with two attached hydrogens (primary N) is 1. The van der Waals surface area contributed by atoms with Crippen molar-refractivity contribution in [1.29, 1.82) is 0 Å². The average Bonchev–Trinajstić information content (AvgIpc) is 3.43. The van der Waals surface area contributed by atoms with Crippen LogP contribution in [0.2, 0.25) is 0 Å². The number of carbonyl (C=O) groups excluding carboxylic acids is 1. The van der Waals surface area contributed by atoms with E-state index in [1.165, 1.54) is 0 Å². The standard InChI is InChI=1S/C21H27N5O.C2H5NO.C2H2/c1-13-6-5-7-15-12-16(27-19(13)15)17-18(20(22)23-2)26(4)21(24-17)14-8-10-25(3)11-9-14;1-3-2-4;1-2/h5-7,12,14H,8-11H2,1-4H3,(H2,22,23);2H,1H3,(H,3,4);1-2H. The maximum absolute atomic E-state index is 9.06. The van der Waals surface area contributed by atoms with Crippen LogP contribution in [-0.4, -0.2) is 60.9 Å². The Balaban J connectivity index is 0.000000582. The first kappa shape index (κ1) is 25.7. The number of benzene rings is 1. The number of fused-ring (bicyclic) bond motifs is 1. The minimum atomic E-state index is 0.425. The third-order valence-electron chi connectivity index (χ3n) is 5.79. The van der Waals surface area contributed by atoms with Crippen molar-refractivity contribution in [1.82, 2.24) is 19.8 Å². The summed E-state index contributed by atoms with van der Waals surface area (Å²) in [6.45, 7) is 4.23. The molecule has 1 saturated heterocycles. The molecule has 0 aliphatic carbocycles. The fourth-order valence-corrected chi connectivity index (χ4v) is 4.04. The number of terminal acetylenes is 1. The number of amides is 1. The first-order valence-electron chi connectivity index (χ1n) is 10.8. The molecule has 0 unspecified atom stereocenters. The van der Waals surface area contributed by atoms with Gasteiger partial charge < -0.3 is 24.9 Å². The van der Waals surface area contributed by atoms with E-state index in [2.05, 4.69) is 64.8 Å². The van der Waals surface area contributed by atoms with Crippen molar-refractivity contribution in [2.45, 2.75) is 25.7 Å². The lowest BCUT2D eigenvalue weighted by atomic mass is 9.96. The van der Waals surface area contributed by atoms with E-state index >= 15 is 0 Å². The number of hydrogen-bond acceptors (Lipinski definition) is 5. The summed E-state index contributed by atoms with van der Waals surface area (Å²) >= 11 is 0. The second kappa shape index (κ2) is 11.9. The Bertz CT molecular complexity index is 1120. The van der Waals surface area contributed by atoms with E-state index < -0.39 is 0 Å². The van der Waals surface area contributed by atoms with Crippen LogP contribution in [0.5, 0.6) is 0 Å². The lowest BCUT2D eigenvalue weighted by Crippen LogP contribution is -2.30. The Hall–Kier alpha value is -3.57. The Labute approximate surface area is 195 Å². The van der Waals surface area contributed by atoms with Crippen molar-refractivity contribution >= 4 is 23.2 Å². The van der Waals surface area contributed by atoms with E-state index in [0.29, 0.717) is 18.2 Å². The molecule has 1 aliphatic heterocycles. The van der Waals surface area contributed by atoms with E-state index in [1.807, 2.05) is 13.1 Å². The van der Waals surface area contributed by atoms with E-state index in [-0.39, 0.29) is 0 Å². The molecule has 33 heavy (non-hydrogen) atoms. The van der Waals surface area contributed by atoms with Crippen molar-refractivity contribution in [3.8, 4) is 24.3 Å². The Morgan fingerprint density at radius 3 is 2.48 bits per heavy atom. The van der Waals surface area contributed by atoms with Gasteiger partial charge in [0.15, 0.2) is 5.76 Å². The molecule has 1 amide bonds. The van der Waals surface area contributed by atoms with E-state index in [9.17, 15) is 0 Å². The van der Waals surface area contributed by atoms with Crippen LogP contribution in [0.15, 0.2) is 33.7 Å². The molecule has 176 valence electrons. The largest absolute Gasteiger partial charge is 0.454 e. The minimum absolute atomic E-state index is 0.425. The summed E-state index contributed by atoms with van der Waals surface area (Å²) in [6, 6.07) is 8.21. The smallest absolute Gasteiger partial charge is 0.206 e. The summed E-state index contributed by atoms with van der Waals surface area (Å²) in [5.41, 5.74) is 9.90. The number of amidine groups is 1. The van der Waals surface area contributed by atoms with Crippen LogP contribution < -0.4 is 11.1 Å². The number of nitrogens with zero attached hydrogens (tertiary/aromatic N) is 4. The average molecular weight is 451 g/mol. The maximum Gasteiger partial charge on any atom is 0.206 e. The zero-order chi connectivity index (χ0) is 24.5. The molecule has 8 nitrogen and oxygen atoms in total. The van der Waals surface area contributed by atoms with Gasteiger partial charge in [-0.1, -0.05) is 18.2 Å². The summed E-state index contributed by atoms with van der Waals surface area (Å²) in [7, 11) is 7.48. The predicted octanol–water partition coefficient (Wildman–Crippen LogP) is 2.90. The third-order valence-corrected chi connectivity index (χ3v) is 5.79. The molecule has 0 bridgehead atoms. The van der Waals surface area contributed by atoms with Crippen molar-refractivity contribution in [3.63, 3.8) is 0 Å². The highest BCUT2D eigenvalue weighted by atomic mass is 16.3. The zero-order valence-corrected chi connectivity index (χ0v) is 20.1. The van der Waals surface area contributed by atoms with Crippen molar-refractivity contribution in [2.75, 3.05) is 34.2 Å². The molecular formula is C25H34N6O2. The van der Waals surface area contributed by atoms with Crippen molar-refractivity contribution in [3.05, 3.63) is 41.3 Å². The topological polar surface area (TPSA) is 102 Å². The van der Waals surface area contributed by atoms with Gasteiger partial charge in [0.25, 0.3) is 0 Å². The Morgan fingerprint density at radius 1 is 1.30 bits per heavy atom. The highest BCUT2D eigenvalue weighted by molar-refractivity contribution is 6.01. The molecule has 0 spiro atoms. The number of rotatable bonds is 4. The predicted molar refractivity (Wildman–Crippen MR) is 134 cm³/mol. The van der Waals surface area contributed by atoms with Crippen LogP contribution in [0.3, 0.4) is 0 Å². The Morgan fingerprint density at radius 2 is 1.94 bits per heavy atom. The first-order valence-corrected chi connectivity index (χ1v) is 10.8. The molecule has 1 fully saturated rings. The third kappa shape index (κ3) is 5.62. The number of likely N-dealkylation sites (tertiary alicyclic amines) is 1. The number of aromatic nitrogens is 2. The minimum Gasteiger partial charge on any atom is -0.454 e. The number of carbonyl (C=O) groups is 1. The monoisotopic (exact) mass is 450 g/mol. The van der Waals surface area contributed by atoms with Gasteiger partial charge in [0.1, 0.15) is 28.6 Å². The normalized spacial score (nSPS) is 14.7. The molecule has 3 aromatic rings. The van der Waals surface area contributed by atoms with Crippen LogP contribution in [-0.2, 0) is 11.8 Å². The molecule has 3 N–H and O–H groups in total. The molecular weight excluding hydrogens is 416 g/mol. The summed E-state index contributed by atoms with van der Waals surface area (Å²) in [6.07, 6.45) is 10.8. The highest BCUT2D eigenvalue weighted by Gasteiger charge is 2.28. The summed E-state index contributed by atoms with van der Waals surface area (Å²) in [5.74, 6) is 2.72. The first-order chi connectivity index (χ1) is 15.9. The van der Waals surface area contributed by atoms with Crippen LogP contribution in [0.25, 0.3) is 22.4 Å². The van der Waals surface area contributed by atoms with Gasteiger partial charge in [-0.05, 0) is 51.5 Å². The summed E-state index contributed by atoms with van der Waals surface area (Å²) < 4.78 is 8.30. The van der Waals surface area contributed by atoms with E-state index in [1.54, 1.807) is 14.1 Å². The van der Waals surface area contributed by atoms with Gasteiger partial charge in [-0.2, -0.15) is 0 Å². The van der Waals surface area contributed by atoms with Gasteiger partial charge in [0, 0.05) is 32.4 Å². The fourth-order valence-electron chi connectivity index (χ4n) is 4.04. The van der Waals surface area contributed by atoms with Crippen LogP contribution in [0, 0.1) is 19.8 Å². The second-order valence-corrected chi connectivity index (χ2v) is 7.92. The SMILES string of the molecule is C#C.CN=C(N)c1c(-c2cc3cccc(C)c3o2)nc(C2CCN(C)CC2)n1C.CNC=O. The highest BCUT2D eigenvalue weighted by Crippen LogP contribution is 2.35. The van der Waals surface area contributed by atoms with Crippen LogP contribution in [0.4, 0.5) is 0 Å². The van der Waals surface area contributed by atoms with Gasteiger partial charge in [-0.3, -0.25) is 9.79 Å². The van der Waals surface area contributed by atoms with E-state index in [4.69, 9.17) is 19.9 Å². The number of imidazole rings is 1. The molecule has 0 atom stereocenters. The number of aryl methyl sites for hydroxylation is 1. The molecule has 1 aliphatic rings. The van der Waals surface area contributed by atoms with Crippen LogP contribution >= 0.6 is 0 Å². The van der Waals surface area contributed by atoms with Gasteiger partial charge in [-0.25, -0.2) is 4.98 Å². The molecule has 3 heterocycles. The van der Waals surface area contributed by atoms with Gasteiger partial charge in [0.2, 0.25) is 6.41 Å². The number of aliphatic imine (C=N–C) groups is 1. The number of nitrogens with one attached hydrogen (secondary N) is 1. The molecule has 2 aromatic heterocycles. The molecule has 4 rings (SSSR count). The summed E-state index contributed by atoms with van der Waals surface area (Å²) in [5, 5.41) is 3.33. The lowest BCUT2D eigenvalue weighted by Gasteiger charge is -2.28. The fraction of sp³-hybridized carbons (Fsp3) is 0.400. The molecule has 8 heteroatoms. The number of para-hydroxylation sites is 1. The second-order valence-electron chi connectivity index (χ2n) is 7.92. The van der Waals surface area contributed by atoms with Gasteiger partial charge >= 0.3 is 0 Å². The van der Waals surface area contributed by atoms with E-state index in [0.717, 1.165) is 65.4 Å². The molecule has 0 saturated carbocycles. The molecule has 0 radical (unpaired) electrons. The maximum atomic E-state index is 9.06. The van der Waals surface area contributed by atoms with Crippen molar-refractivity contribution < 1.29 is 9.21 Å². The van der Waals surface area contributed by atoms with Crippen molar-refractivity contribution in [2.24, 2.45) is 17.8 Å². The summed E-state index contributed by atoms with van der Waals surface area (Å²) in [4.78, 5) is 20.7. The Kier molecular flexibility index (Phi) is 9.25. The van der Waals surface area contributed by atoms with Crippen LogP contribution in [0.1, 0.15) is 35.8 Å². The number of furan rings is 1. The lowest BCUT2D eigenvalue weighted by molar-refractivity contribution is -0.109. The number of piperidine rings is 1. The van der Waals surface area contributed by atoms with Gasteiger partial charge in [0.05, 0.1) is 0 Å². The molecule has 1 aromatic carbocycles.